The lowest BCUT2D eigenvalue weighted by atomic mass is 10.1. The molecular formula is C14H23N5O4. The van der Waals surface area contributed by atoms with Crippen molar-refractivity contribution in [3.63, 3.8) is 0 Å². The standard InChI is InChI=1S/C13H21N5O2.CH2O2/c1-14-11-3-4-15-13(17-11)16-8-10-7-12(19)18(9-10)5-6-20-2;2-1-3/h3-4,10H,5-9H2,1-2H3,(H2,14,15,16,17);1H,(H,2,3). The van der Waals surface area contributed by atoms with Gasteiger partial charge in [0.05, 0.1) is 6.61 Å². The summed E-state index contributed by atoms with van der Waals surface area (Å²) < 4.78 is 5.01. The molecule has 0 bridgehead atoms. The van der Waals surface area contributed by atoms with Gasteiger partial charge in [-0.1, -0.05) is 0 Å². The van der Waals surface area contributed by atoms with Gasteiger partial charge in [-0.3, -0.25) is 9.59 Å². The van der Waals surface area contributed by atoms with Crippen LogP contribution in [0, 0.1) is 5.92 Å². The van der Waals surface area contributed by atoms with Crippen LogP contribution in [0.3, 0.4) is 0 Å². The number of likely N-dealkylation sites (tertiary alicyclic amines) is 1. The van der Waals surface area contributed by atoms with Crippen molar-refractivity contribution in [1.29, 1.82) is 0 Å². The van der Waals surface area contributed by atoms with Crippen molar-refractivity contribution in [3.8, 4) is 0 Å². The number of anilines is 2. The van der Waals surface area contributed by atoms with Crippen LogP contribution in [0.5, 0.6) is 0 Å². The number of carbonyl (C=O) groups is 2. The van der Waals surface area contributed by atoms with E-state index in [1.807, 2.05) is 11.9 Å². The van der Waals surface area contributed by atoms with Crippen LogP contribution < -0.4 is 10.6 Å². The number of rotatable bonds is 7. The second-order valence-electron chi connectivity index (χ2n) is 4.90. The predicted molar refractivity (Wildman–Crippen MR) is 85.3 cm³/mol. The molecule has 1 aliphatic rings. The zero-order chi connectivity index (χ0) is 17.1. The fraction of sp³-hybridized carbons (Fsp3) is 0.571. The molecule has 1 atom stereocenters. The Kier molecular flexibility index (Phi) is 8.37. The lowest BCUT2D eigenvalue weighted by Gasteiger charge is -2.16. The monoisotopic (exact) mass is 325 g/mol. The van der Waals surface area contributed by atoms with Crippen LogP contribution in [0.4, 0.5) is 11.8 Å². The van der Waals surface area contributed by atoms with Gasteiger partial charge < -0.3 is 25.4 Å². The number of carbonyl (C=O) groups excluding carboxylic acids is 1. The van der Waals surface area contributed by atoms with E-state index in [0.717, 1.165) is 12.4 Å². The Morgan fingerprint density at radius 2 is 2.30 bits per heavy atom. The first kappa shape index (κ1) is 18.6. The van der Waals surface area contributed by atoms with Gasteiger partial charge in [0.15, 0.2) is 0 Å². The molecule has 1 amide bonds. The summed E-state index contributed by atoms with van der Waals surface area (Å²) in [6, 6.07) is 1.80. The lowest BCUT2D eigenvalue weighted by Crippen LogP contribution is -2.29. The number of nitrogens with one attached hydrogen (secondary N) is 2. The maximum atomic E-state index is 11.8. The maximum Gasteiger partial charge on any atom is 0.290 e. The van der Waals surface area contributed by atoms with Gasteiger partial charge in [-0.25, -0.2) is 4.98 Å². The first-order chi connectivity index (χ1) is 11.1. The molecule has 1 aromatic heterocycles. The lowest BCUT2D eigenvalue weighted by molar-refractivity contribution is -0.128. The molecule has 9 heteroatoms. The van der Waals surface area contributed by atoms with E-state index in [-0.39, 0.29) is 12.4 Å². The Bertz CT molecular complexity index is 500. The van der Waals surface area contributed by atoms with Crippen molar-refractivity contribution in [2.75, 3.05) is 51.0 Å². The fourth-order valence-corrected chi connectivity index (χ4v) is 2.23. The fourth-order valence-electron chi connectivity index (χ4n) is 2.23. The van der Waals surface area contributed by atoms with E-state index in [1.54, 1.807) is 19.4 Å². The van der Waals surface area contributed by atoms with Crippen LogP contribution in [-0.2, 0) is 14.3 Å². The highest BCUT2D eigenvalue weighted by atomic mass is 16.5. The van der Waals surface area contributed by atoms with E-state index in [4.69, 9.17) is 14.6 Å². The molecule has 0 aliphatic carbocycles. The number of hydrogen-bond acceptors (Lipinski definition) is 7. The van der Waals surface area contributed by atoms with Gasteiger partial charge in [-0.2, -0.15) is 4.98 Å². The minimum atomic E-state index is -0.250. The molecule has 23 heavy (non-hydrogen) atoms. The second kappa shape index (κ2) is 10.3. The van der Waals surface area contributed by atoms with Crippen molar-refractivity contribution in [2.45, 2.75) is 6.42 Å². The number of carboxylic acid groups (broad SMARTS) is 1. The van der Waals surface area contributed by atoms with E-state index in [0.29, 0.717) is 38.0 Å². The van der Waals surface area contributed by atoms with Gasteiger partial charge in [0, 0.05) is 52.3 Å². The molecule has 0 aromatic carbocycles. The van der Waals surface area contributed by atoms with Crippen molar-refractivity contribution < 1.29 is 19.4 Å². The van der Waals surface area contributed by atoms with E-state index in [2.05, 4.69) is 20.6 Å². The molecule has 1 unspecified atom stereocenters. The van der Waals surface area contributed by atoms with E-state index < -0.39 is 0 Å². The molecule has 3 N–H and O–H groups in total. The Balaban J connectivity index is 0.000000816. The van der Waals surface area contributed by atoms with Gasteiger partial charge in [0.25, 0.3) is 6.47 Å². The Labute approximate surface area is 135 Å². The van der Waals surface area contributed by atoms with Crippen molar-refractivity contribution in [3.05, 3.63) is 12.3 Å². The highest BCUT2D eigenvalue weighted by Gasteiger charge is 2.28. The van der Waals surface area contributed by atoms with Crippen molar-refractivity contribution >= 4 is 24.1 Å². The molecule has 128 valence electrons. The van der Waals surface area contributed by atoms with E-state index in [9.17, 15) is 4.79 Å². The molecule has 1 fully saturated rings. The number of nitrogens with zero attached hydrogens (tertiary/aromatic N) is 3. The normalized spacial score (nSPS) is 16.5. The zero-order valence-electron chi connectivity index (χ0n) is 13.4. The topological polar surface area (TPSA) is 117 Å². The summed E-state index contributed by atoms with van der Waals surface area (Å²) in [6.45, 7) is 2.46. The summed E-state index contributed by atoms with van der Waals surface area (Å²) in [6.07, 6.45) is 2.27. The van der Waals surface area contributed by atoms with Crippen LogP contribution in [-0.4, -0.2) is 72.8 Å². The van der Waals surface area contributed by atoms with Gasteiger partial charge >= 0.3 is 0 Å². The summed E-state index contributed by atoms with van der Waals surface area (Å²) in [4.78, 5) is 30.5. The molecule has 1 aliphatic heterocycles. The predicted octanol–water partition coefficient (Wildman–Crippen LogP) is 0.126. The molecule has 1 aromatic rings. The summed E-state index contributed by atoms with van der Waals surface area (Å²) in [7, 11) is 3.46. The average Bonchev–Trinajstić information content (AvgIpc) is 2.92. The van der Waals surface area contributed by atoms with E-state index >= 15 is 0 Å². The van der Waals surface area contributed by atoms with Crippen LogP contribution in [0.25, 0.3) is 0 Å². The molecule has 2 heterocycles. The van der Waals surface area contributed by atoms with Crippen LogP contribution in [0.1, 0.15) is 6.42 Å². The average molecular weight is 325 g/mol. The minimum Gasteiger partial charge on any atom is -0.483 e. The molecule has 0 saturated carbocycles. The minimum absolute atomic E-state index is 0.193. The van der Waals surface area contributed by atoms with Crippen LogP contribution >= 0.6 is 0 Å². The Morgan fingerprint density at radius 3 is 2.96 bits per heavy atom. The smallest absolute Gasteiger partial charge is 0.290 e. The number of ether oxygens (including phenoxy) is 1. The third-order valence-corrected chi connectivity index (χ3v) is 3.32. The van der Waals surface area contributed by atoms with Gasteiger partial charge in [-0.15, -0.1) is 0 Å². The highest BCUT2D eigenvalue weighted by Crippen LogP contribution is 2.17. The molecule has 2 rings (SSSR count). The second-order valence-corrected chi connectivity index (χ2v) is 4.90. The number of hydrogen-bond donors (Lipinski definition) is 3. The molecular weight excluding hydrogens is 302 g/mol. The Morgan fingerprint density at radius 1 is 1.57 bits per heavy atom. The van der Waals surface area contributed by atoms with Gasteiger partial charge in [-0.05, 0) is 6.07 Å². The third-order valence-electron chi connectivity index (χ3n) is 3.32. The summed E-state index contributed by atoms with van der Waals surface area (Å²) >= 11 is 0. The summed E-state index contributed by atoms with van der Waals surface area (Å²) in [5, 5.41) is 13.0. The van der Waals surface area contributed by atoms with Crippen molar-refractivity contribution in [1.82, 2.24) is 14.9 Å². The number of amides is 1. The molecule has 9 nitrogen and oxygen atoms in total. The summed E-state index contributed by atoms with van der Waals surface area (Å²) in [5.41, 5.74) is 0. The SMILES string of the molecule is CNc1ccnc(NCC2CC(=O)N(CCOC)C2)n1.O=CO. The van der Waals surface area contributed by atoms with Gasteiger partial charge in [0.2, 0.25) is 11.9 Å². The third kappa shape index (κ3) is 6.47. The van der Waals surface area contributed by atoms with Gasteiger partial charge in [0.1, 0.15) is 5.82 Å². The maximum absolute atomic E-state index is 11.8. The highest BCUT2D eigenvalue weighted by molar-refractivity contribution is 5.78. The zero-order valence-corrected chi connectivity index (χ0v) is 13.4. The number of methoxy groups -OCH3 is 1. The number of aromatic nitrogens is 2. The quantitative estimate of drug-likeness (QED) is 0.606. The van der Waals surface area contributed by atoms with Crippen LogP contribution in [0.15, 0.2) is 12.3 Å². The first-order valence-electron chi connectivity index (χ1n) is 7.23. The Hall–Kier alpha value is -2.42. The largest absolute Gasteiger partial charge is 0.483 e. The van der Waals surface area contributed by atoms with Crippen LogP contribution in [0.2, 0.25) is 0 Å². The van der Waals surface area contributed by atoms with E-state index in [1.165, 1.54) is 0 Å². The molecule has 1 saturated heterocycles. The first-order valence-corrected chi connectivity index (χ1v) is 7.23. The molecule has 0 spiro atoms. The summed E-state index contributed by atoms with van der Waals surface area (Å²) in [5.74, 6) is 1.84. The van der Waals surface area contributed by atoms with Crippen molar-refractivity contribution in [2.24, 2.45) is 5.92 Å². The molecule has 0 radical (unpaired) electrons.